The fourth-order valence-electron chi connectivity index (χ4n) is 0.469. The summed E-state index contributed by atoms with van der Waals surface area (Å²) in [6.45, 7) is 0.264. The fraction of sp³-hybridized carbons (Fsp3) is 1.00. The van der Waals surface area contributed by atoms with Crippen LogP contribution in [0.1, 0.15) is 0 Å². The fourth-order valence-corrected chi connectivity index (χ4v) is 0.469. The van der Waals surface area contributed by atoms with Crippen molar-refractivity contribution in [3.05, 3.63) is 0 Å². The van der Waals surface area contributed by atoms with Crippen LogP contribution in [0.2, 0.25) is 0 Å². The summed E-state index contributed by atoms with van der Waals surface area (Å²) >= 11 is 0. The molecular weight excluding hydrogens is 106 g/mol. The molecule has 0 rings (SSSR count). The average molecular weight is 119 g/mol. The van der Waals surface area contributed by atoms with Gasteiger partial charge in [0.15, 0.2) is 0 Å². The van der Waals surface area contributed by atoms with Gasteiger partial charge in [-0.15, -0.1) is 0 Å². The van der Waals surface area contributed by atoms with Gasteiger partial charge in [0.1, 0.15) is 0 Å². The molecule has 1 N–H and O–H groups in total. The van der Waals surface area contributed by atoms with Crippen LogP contribution < -0.4 is 5.11 Å². The summed E-state index contributed by atoms with van der Waals surface area (Å²) in [5.74, 6) is 0. The van der Waals surface area contributed by atoms with Crippen molar-refractivity contribution in [1.29, 1.82) is 0 Å². The number of likely N-dealkylation sites (N-methyl/N-ethyl adjacent to an activating group) is 1. The molecule has 8 heavy (non-hydrogen) atoms. The van der Waals surface area contributed by atoms with E-state index in [0.717, 1.165) is 0 Å². The van der Waals surface area contributed by atoms with E-state index < -0.39 is 6.29 Å². The predicted molar refractivity (Wildman–Crippen MR) is 28.9 cm³/mol. The maximum absolute atomic E-state index is 10.1. The third-order valence-corrected chi connectivity index (χ3v) is 0.704. The maximum atomic E-state index is 10.1. The van der Waals surface area contributed by atoms with Gasteiger partial charge in [-0.3, -0.25) is 0 Å². The molecule has 0 amide bonds. The van der Waals surface area contributed by atoms with Gasteiger partial charge in [-0.25, -0.2) is 0 Å². The van der Waals surface area contributed by atoms with E-state index in [0.29, 0.717) is 4.48 Å². The minimum absolute atomic E-state index is 0.264. The lowest BCUT2D eigenvalue weighted by Crippen LogP contribution is -2.46. The molecule has 3 nitrogen and oxygen atoms in total. The van der Waals surface area contributed by atoms with E-state index in [-0.39, 0.29) is 6.54 Å². The number of hydrogen-bond acceptors (Lipinski definition) is 2. The lowest BCUT2D eigenvalue weighted by Gasteiger charge is -2.29. The van der Waals surface area contributed by atoms with Crippen molar-refractivity contribution in [3.63, 3.8) is 0 Å². The Balaban J connectivity index is 3.39. The largest absolute Gasteiger partial charge is 0.827 e. The van der Waals surface area contributed by atoms with Crippen LogP contribution in [-0.2, 0) is 0 Å². The Morgan fingerprint density at radius 3 is 1.88 bits per heavy atom. The van der Waals surface area contributed by atoms with Gasteiger partial charge in [0.25, 0.3) is 0 Å². The highest BCUT2D eigenvalue weighted by atomic mass is 16.5. The molecule has 0 fully saturated rings. The van der Waals surface area contributed by atoms with Crippen LogP contribution in [0.4, 0.5) is 0 Å². The standard InChI is InChI=1S/C5H13NO2/c1-6(2,3)4-5(7)8/h5,7H,4H2,1-3H3. The molecule has 1 atom stereocenters. The summed E-state index contributed by atoms with van der Waals surface area (Å²) in [6, 6.07) is 0. The molecule has 0 saturated heterocycles. The van der Waals surface area contributed by atoms with Gasteiger partial charge in [0.2, 0.25) is 0 Å². The number of aliphatic hydroxyl groups excluding tert-OH is 1. The zero-order valence-corrected chi connectivity index (χ0v) is 5.59. The zero-order chi connectivity index (χ0) is 6.78. The second-order valence-electron chi connectivity index (χ2n) is 2.93. The molecule has 0 heterocycles. The zero-order valence-electron chi connectivity index (χ0n) is 5.59. The van der Waals surface area contributed by atoms with E-state index >= 15 is 0 Å². The Labute approximate surface area is 49.8 Å². The van der Waals surface area contributed by atoms with Crippen LogP contribution in [0, 0.1) is 0 Å². The summed E-state index contributed by atoms with van der Waals surface area (Å²) in [5.41, 5.74) is 0. The van der Waals surface area contributed by atoms with E-state index in [1.54, 1.807) is 0 Å². The summed E-state index contributed by atoms with van der Waals surface area (Å²) in [5, 5.41) is 18.4. The monoisotopic (exact) mass is 119 g/mol. The van der Waals surface area contributed by atoms with Crippen molar-refractivity contribution in [2.75, 3.05) is 27.7 Å². The van der Waals surface area contributed by atoms with E-state index in [1.807, 2.05) is 21.1 Å². The highest BCUT2D eigenvalue weighted by Crippen LogP contribution is 1.88. The molecule has 0 aliphatic rings. The van der Waals surface area contributed by atoms with Crippen molar-refractivity contribution in [2.45, 2.75) is 6.29 Å². The summed E-state index contributed by atoms with van der Waals surface area (Å²) in [7, 11) is 5.59. The first-order valence-electron chi connectivity index (χ1n) is 2.56. The van der Waals surface area contributed by atoms with Gasteiger partial charge in [-0.2, -0.15) is 0 Å². The molecule has 0 aliphatic heterocycles. The maximum Gasteiger partial charge on any atom is 0.0891 e. The Hall–Kier alpha value is -0.120. The van der Waals surface area contributed by atoms with Crippen LogP contribution in [0.15, 0.2) is 0 Å². The minimum atomic E-state index is -1.44. The van der Waals surface area contributed by atoms with Crippen molar-refractivity contribution in [2.24, 2.45) is 0 Å². The Morgan fingerprint density at radius 2 is 1.88 bits per heavy atom. The lowest BCUT2D eigenvalue weighted by atomic mass is 10.5. The highest BCUT2D eigenvalue weighted by molar-refractivity contribution is 4.26. The number of quaternary nitrogens is 1. The number of nitrogens with zero attached hydrogens (tertiary/aromatic N) is 1. The highest BCUT2D eigenvalue weighted by Gasteiger charge is 2.05. The first-order chi connectivity index (χ1) is 3.42. The molecule has 50 valence electrons. The van der Waals surface area contributed by atoms with Gasteiger partial charge >= 0.3 is 0 Å². The van der Waals surface area contributed by atoms with Gasteiger partial charge in [0.05, 0.1) is 27.7 Å². The lowest BCUT2D eigenvalue weighted by molar-refractivity contribution is -0.885. The number of aliphatic hydroxyl groups is 1. The third-order valence-electron chi connectivity index (χ3n) is 0.704. The average Bonchev–Trinajstić information content (AvgIpc) is 1.21. The van der Waals surface area contributed by atoms with Crippen LogP contribution >= 0.6 is 0 Å². The molecular formula is C5H13NO2. The van der Waals surface area contributed by atoms with Crippen molar-refractivity contribution in [1.82, 2.24) is 0 Å². The Kier molecular flexibility index (Phi) is 2.40. The molecule has 3 heteroatoms. The van der Waals surface area contributed by atoms with E-state index in [4.69, 9.17) is 5.11 Å². The van der Waals surface area contributed by atoms with E-state index in [2.05, 4.69) is 0 Å². The molecule has 0 bridgehead atoms. The molecule has 0 aliphatic carbocycles. The van der Waals surface area contributed by atoms with Crippen LogP contribution in [-0.4, -0.2) is 43.6 Å². The SMILES string of the molecule is C[N+](C)(C)CC([O-])O. The van der Waals surface area contributed by atoms with Crippen molar-refractivity contribution >= 4 is 0 Å². The number of rotatable bonds is 2. The van der Waals surface area contributed by atoms with E-state index in [1.165, 1.54) is 0 Å². The quantitative estimate of drug-likeness (QED) is 0.350. The summed E-state index contributed by atoms with van der Waals surface area (Å²) < 4.78 is 0.519. The molecule has 0 saturated carbocycles. The summed E-state index contributed by atoms with van der Waals surface area (Å²) in [4.78, 5) is 0. The molecule has 0 radical (unpaired) electrons. The van der Waals surface area contributed by atoms with Crippen LogP contribution in [0.25, 0.3) is 0 Å². The Morgan fingerprint density at radius 1 is 1.50 bits per heavy atom. The smallest absolute Gasteiger partial charge is 0.0891 e. The van der Waals surface area contributed by atoms with E-state index in [9.17, 15) is 5.11 Å². The van der Waals surface area contributed by atoms with Crippen LogP contribution in [0.3, 0.4) is 0 Å². The van der Waals surface area contributed by atoms with Crippen molar-refractivity contribution < 1.29 is 14.7 Å². The first kappa shape index (κ1) is 7.88. The third kappa shape index (κ3) is 5.88. The topological polar surface area (TPSA) is 43.3 Å². The van der Waals surface area contributed by atoms with Crippen LogP contribution in [0.5, 0.6) is 0 Å². The first-order valence-corrected chi connectivity index (χ1v) is 2.56. The van der Waals surface area contributed by atoms with Gasteiger partial charge in [0, 0.05) is 6.29 Å². The van der Waals surface area contributed by atoms with Gasteiger partial charge in [-0.05, 0) is 0 Å². The second-order valence-corrected chi connectivity index (χ2v) is 2.93. The molecule has 0 aromatic heterocycles. The number of hydrogen-bond donors (Lipinski definition) is 1. The molecule has 0 spiro atoms. The van der Waals surface area contributed by atoms with Gasteiger partial charge < -0.3 is 14.7 Å². The molecule has 0 aromatic rings. The van der Waals surface area contributed by atoms with Gasteiger partial charge in [-0.1, -0.05) is 0 Å². The predicted octanol–water partition coefficient (Wildman–Crippen LogP) is -1.63. The normalized spacial score (nSPS) is 16.1. The minimum Gasteiger partial charge on any atom is -0.827 e. The summed E-state index contributed by atoms with van der Waals surface area (Å²) in [6.07, 6.45) is -1.44. The second kappa shape index (κ2) is 2.44. The molecule has 0 aromatic carbocycles. The molecule has 1 unspecified atom stereocenters. The van der Waals surface area contributed by atoms with Crippen molar-refractivity contribution in [3.8, 4) is 0 Å². The Bertz CT molecular complexity index is 65.3.